The summed E-state index contributed by atoms with van der Waals surface area (Å²) in [7, 11) is 1.42. The third kappa shape index (κ3) is 1.06. The van der Waals surface area contributed by atoms with Gasteiger partial charge in [-0.05, 0) is 18.8 Å². The molecule has 0 amide bonds. The Morgan fingerprint density at radius 2 is 2.60 bits per heavy atom. The van der Waals surface area contributed by atoms with Gasteiger partial charge >= 0.3 is 5.97 Å². The van der Waals surface area contributed by atoms with Gasteiger partial charge in [0.25, 0.3) is 0 Å². The molecule has 1 aliphatic carbocycles. The average Bonchev–Trinajstić information content (AvgIpc) is 1.86. The maximum Gasteiger partial charge on any atom is 0.333 e. The van der Waals surface area contributed by atoms with Crippen molar-refractivity contribution in [3.8, 4) is 0 Å². The van der Waals surface area contributed by atoms with Crippen molar-refractivity contribution >= 4 is 5.97 Å². The summed E-state index contributed by atoms with van der Waals surface area (Å²) in [6.07, 6.45) is 4.03. The SMILES string of the molecule is CCC1CC=C1C(=O)OC. The van der Waals surface area contributed by atoms with Crippen LogP contribution in [0, 0.1) is 5.92 Å². The first-order valence-electron chi connectivity index (χ1n) is 3.58. The summed E-state index contributed by atoms with van der Waals surface area (Å²) in [4.78, 5) is 10.9. The normalized spacial score (nSPS) is 23.0. The number of esters is 1. The number of rotatable bonds is 2. The van der Waals surface area contributed by atoms with E-state index < -0.39 is 0 Å². The number of hydrogen-bond acceptors (Lipinski definition) is 2. The highest BCUT2D eigenvalue weighted by atomic mass is 16.5. The Kier molecular flexibility index (Phi) is 2.10. The van der Waals surface area contributed by atoms with E-state index in [1.807, 2.05) is 6.08 Å². The number of ether oxygens (including phenoxy) is 1. The standard InChI is InChI=1S/C8H12O2/c1-3-6-4-5-7(6)8(9)10-2/h5-6H,3-4H2,1-2H3. The van der Waals surface area contributed by atoms with Crippen LogP contribution >= 0.6 is 0 Å². The second-order valence-electron chi connectivity index (χ2n) is 2.49. The summed E-state index contributed by atoms with van der Waals surface area (Å²) < 4.78 is 4.58. The van der Waals surface area contributed by atoms with Crippen LogP contribution in [0.5, 0.6) is 0 Å². The van der Waals surface area contributed by atoms with Crippen LogP contribution in [0.15, 0.2) is 11.6 Å². The lowest BCUT2D eigenvalue weighted by Crippen LogP contribution is -2.20. The van der Waals surface area contributed by atoms with Crippen LogP contribution in [-0.2, 0) is 9.53 Å². The van der Waals surface area contributed by atoms with Crippen molar-refractivity contribution in [1.82, 2.24) is 0 Å². The zero-order valence-corrected chi connectivity index (χ0v) is 6.39. The predicted octanol–water partition coefficient (Wildman–Crippen LogP) is 1.52. The molecule has 0 fully saturated rings. The second kappa shape index (κ2) is 2.86. The molecule has 0 saturated carbocycles. The molecule has 0 heterocycles. The quantitative estimate of drug-likeness (QED) is 0.543. The fraction of sp³-hybridized carbons (Fsp3) is 0.625. The molecule has 0 aromatic rings. The van der Waals surface area contributed by atoms with Gasteiger partial charge < -0.3 is 4.74 Å². The van der Waals surface area contributed by atoms with Crippen molar-refractivity contribution in [2.45, 2.75) is 19.8 Å². The Balaban J connectivity index is 2.51. The molecule has 0 aromatic heterocycles. The lowest BCUT2D eigenvalue weighted by atomic mass is 9.83. The van der Waals surface area contributed by atoms with Crippen LogP contribution in [0.25, 0.3) is 0 Å². The van der Waals surface area contributed by atoms with Crippen molar-refractivity contribution in [2.75, 3.05) is 7.11 Å². The first-order chi connectivity index (χ1) is 4.79. The minimum atomic E-state index is -0.155. The Bertz CT molecular complexity index is 170. The minimum absolute atomic E-state index is 0.155. The van der Waals surface area contributed by atoms with Gasteiger partial charge in [0.15, 0.2) is 0 Å². The molecule has 1 atom stereocenters. The van der Waals surface area contributed by atoms with Gasteiger partial charge in [-0.25, -0.2) is 4.79 Å². The molecular weight excluding hydrogens is 128 g/mol. The molecular formula is C8H12O2. The first-order valence-corrected chi connectivity index (χ1v) is 3.58. The topological polar surface area (TPSA) is 26.3 Å². The van der Waals surface area contributed by atoms with E-state index in [0.717, 1.165) is 18.4 Å². The van der Waals surface area contributed by atoms with Crippen molar-refractivity contribution < 1.29 is 9.53 Å². The summed E-state index contributed by atoms with van der Waals surface area (Å²) in [5.74, 6) is 0.311. The Hall–Kier alpha value is -0.790. The van der Waals surface area contributed by atoms with Crippen LogP contribution in [0.1, 0.15) is 19.8 Å². The zero-order valence-electron chi connectivity index (χ0n) is 6.39. The van der Waals surface area contributed by atoms with E-state index in [2.05, 4.69) is 11.7 Å². The van der Waals surface area contributed by atoms with Gasteiger partial charge in [0.2, 0.25) is 0 Å². The van der Waals surface area contributed by atoms with E-state index in [9.17, 15) is 4.79 Å². The van der Waals surface area contributed by atoms with Gasteiger partial charge in [-0.2, -0.15) is 0 Å². The highest BCUT2D eigenvalue weighted by Gasteiger charge is 2.25. The van der Waals surface area contributed by atoms with E-state index in [1.165, 1.54) is 7.11 Å². The van der Waals surface area contributed by atoms with Gasteiger partial charge in [0.05, 0.1) is 7.11 Å². The van der Waals surface area contributed by atoms with Gasteiger partial charge in [-0.3, -0.25) is 0 Å². The molecule has 0 spiro atoms. The summed E-state index contributed by atoms with van der Waals surface area (Å²) in [5.41, 5.74) is 0.866. The highest BCUT2D eigenvalue weighted by Crippen LogP contribution is 2.30. The van der Waals surface area contributed by atoms with E-state index in [0.29, 0.717) is 5.92 Å². The Labute approximate surface area is 60.9 Å². The van der Waals surface area contributed by atoms with Gasteiger partial charge in [0, 0.05) is 5.57 Å². The monoisotopic (exact) mass is 140 g/mol. The predicted molar refractivity (Wildman–Crippen MR) is 38.5 cm³/mol. The van der Waals surface area contributed by atoms with Crippen molar-refractivity contribution in [2.24, 2.45) is 5.92 Å². The van der Waals surface area contributed by atoms with E-state index in [-0.39, 0.29) is 5.97 Å². The molecule has 0 aliphatic heterocycles. The molecule has 0 bridgehead atoms. The third-order valence-electron chi connectivity index (χ3n) is 1.98. The lowest BCUT2D eigenvalue weighted by molar-refractivity contribution is -0.137. The molecule has 1 rings (SSSR count). The fourth-order valence-corrected chi connectivity index (χ4v) is 1.16. The lowest BCUT2D eigenvalue weighted by Gasteiger charge is -2.23. The Morgan fingerprint density at radius 3 is 2.90 bits per heavy atom. The molecule has 0 saturated heterocycles. The molecule has 2 heteroatoms. The molecule has 0 radical (unpaired) electrons. The Morgan fingerprint density at radius 1 is 1.90 bits per heavy atom. The average molecular weight is 140 g/mol. The van der Waals surface area contributed by atoms with Crippen molar-refractivity contribution in [3.63, 3.8) is 0 Å². The number of hydrogen-bond donors (Lipinski definition) is 0. The summed E-state index contributed by atoms with van der Waals surface area (Å²) >= 11 is 0. The smallest absolute Gasteiger partial charge is 0.333 e. The molecule has 2 nitrogen and oxygen atoms in total. The first kappa shape index (κ1) is 7.32. The molecule has 0 N–H and O–H groups in total. The fourth-order valence-electron chi connectivity index (χ4n) is 1.16. The summed E-state index contributed by atoms with van der Waals surface area (Å²) in [6, 6.07) is 0. The number of allylic oxidation sites excluding steroid dienone is 1. The van der Waals surface area contributed by atoms with E-state index in [4.69, 9.17) is 0 Å². The highest BCUT2D eigenvalue weighted by molar-refractivity contribution is 5.90. The summed E-state index contributed by atoms with van der Waals surface area (Å²) in [6.45, 7) is 2.08. The van der Waals surface area contributed by atoms with E-state index in [1.54, 1.807) is 0 Å². The number of methoxy groups -OCH3 is 1. The molecule has 10 heavy (non-hydrogen) atoms. The van der Waals surface area contributed by atoms with Crippen LogP contribution < -0.4 is 0 Å². The van der Waals surface area contributed by atoms with Crippen LogP contribution in [-0.4, -0.2) is 13.1 Å². The molecule has 56 valence electrons. The second-order valence-corrected chi connectivity index (χ2v) is 2.49. The van der Waals surface area contributed by atoms with Crippen molar-refractivity contribution in [1.29, 1.82) is 0 Å². The van der Waals surface area contributed by atoms with Gasteiger partial charge in [0.1, 0.15) is 0 Å². The third-order valence-corrected chi connectivity index (χ3v) is 1.98. The van der Waals surface area contributed by atoms with Crippen LogP contribution in [0.2, 0.25) is 0 Å². The van der Waals surface area contributed by atoms with Crippen molar-refractivity contribution in [3.05, 3.63) is 11.6 Å². The number of carbonyl (C=O) groups is 1. The molecule has 1 aliphatic rings. The van der Waals surface area contributed by atoms with Crippen LogP contribution in [0.4, 0.5) is 0 Å². The maximum atomic E-state index is 10.9. The largest absolute Gasteiger partial charge is 0.466 e. The van der Waals surface area contributed by atoms with Crippen LogP contribution in [0.3, 0.4) is 0 Å². The van der Waals surface area contributed by atoms with Gasteiger partial charge in [-0.15, -0.1) is 0 Å². The summed E-state index contributed by atoms with van der Waals surface area (Å²) in [5, 5.41) is 0. The molecule has 1 unspecified atom stereocenters. The van der Waals surface area contributed by atoms with Gasteiger partial charge in [-0.1, -0.05) is 13.0 Å². The van der Waals surface area contributed by atoms with E-state index >= 15 is 0 Å². The number of carbonyl (C=O) groups excluding carboxylic acids is 1. The minimum Gasteiger partial charge on any atom is -0.466 e. The molecule has 0 aromatic carbocycles. The maximum absolute atomic E-state index is 10.9. The zero-order chi connectivity index (χ0) is 7.56.